The second-order valence-corrected chi connectivity index (χ2v) is 7.12. The fraction of sp³-hybridized carbons (Fsp3) is 0.667. The van der Waals surface area contributed by atoms with Gasteiger partial charge in [-0.15, -0.1) is 0 Å². The molecular weight excluding hydrogens is 282 g/mol. The number of rotatable bonds is 3. The number of nitrogens with two attached hydrogens (primary N) is 1. The van der Waals surface area contributed by atoms with Gasteiger partial charge in [0.05, 0.1) is 24.7 Å². The van der Waals surface area contributed by atoms with Crippen LogP contribution in [0.2, 0.25) is 0 Å². The standard InChI is InChI=1S/C12H19N3O4S/c1-3-9-14-10(12(16)19-2)11(13)15(9)8-5-4-6-20(17,18)7-8/h8H,3-7,13H2,1-2H3. The van der Waals surface area contributed by atoms with Crippen LogP contribution in [0.4, 0.5) is 5.82 Å². The summed E-state index contributed by atoms with van der Waals surface area (Å²) in [5, 5.41) is 0. The summed E-state index contributed by atoms with van der Waals surface area (Å²) < 4.78 is 29.9. The van der Waals surface area contributed by atoms with Crippen molar-refractivity contribution in [3.05, 3.63) is 11.5 Å². The van der Waals surface area contributed by atoms with Crippen LogP contribution in [0.3, 0.4) is 0 Å². The lowest BCUT2D eigenvalue weighted by molar-refractivity contribution is 0.0595. The Hall–Kier alpha value is -1.57. The number of carbonyl (C=O) groups is 1. The van der Waals surface area contributed by atoms with Crippen LogP contribution >= 0.6 is 0 Å². The Morgan fingerprint density at radius 3 is 2.80 bits per heavy atom. The van der Waals surface area contributed by atoms with Crippen LogP contribution in [0.25, 0.3) is 0 Å². The summed E-state index contributed by atoms with van der Waals surface area (Å²) in [6, 6.07) is -0.255. The van der Waals surface area contributed by atoms with E-state index in [1.165, 1.54) is 7.11 Å². The predicted octanol–water partition coefficient (Wildman–Crippen LogP) is 0.564. The summed E-state index contributed by atoms with van der Waals surface area (Å²) in [5.41, 5.74) is 6.04. The highest BCUT2D eigenvalue weighted by Crippen LogP contribution is 2.29. The zero-order valence-electron chi connectivity index (χ0n) is 11.6. The van der Waals surface area contributed by atoms with Gasteiger partial charge < -0.3 is 15.0 Å². The number of aromatic nitrogens is 2. The summed E-state index contributed by atoms with van der Waals surface area (Å²) in [6.45, 7) is 1.89. The third-order valence-electron chi connectivity index (χ3n) is 3.52. The van der Waals surface area contributed by atoms with Crippen LogP contribution in [0, 0.1) is 0 Å². The predicted molar refractivity (Wildman–Crippen MR) is 74.3 cm³/mol. The van der Waals surface area contributed by atoms with Crippen LogP contribution in [0.15, 0.2) is 0 Å². The molecule has 112 valence electrons. The number of esters is 1. The van der Waals surface area contributed by atoms with E-state index >= 15 is 0 Å². The monoisotopic (exact) mass is 301 g/mol. The summed E-state index contributed by atoms with van der Waals surface area (Å²) in [7, 11) is -1.80. The second-order valence-electron chi connectivity index (χ2n) is 4.89. The van der Waals surface area contributed by atoms with E-state index in [0.29, 0.717) is 25.1 Å². The molecule has 0 amide bonds. The van der Waals surface area contributed by atoms with E-state index in [4.69, 9.17) is 5.73 Å². The Balaban J connectivity index is 2.45. The van der Waals surface area contributed by atoms with Crippen LogP contribution < -0.4 is 5.73 Å². The van der Waals surface area contributed by atoms with Crippen molar-refractivity contribution >= 4 is 21.6 Å². The smallest absolute Gasteiger partial charge is 0.360 e. The molecule has 1 aliphatic heterocycles. The first-order chi connectivity index (χ1) is 9.39. The van der Waals surface area contributed by atoms with Crippen LogP contribution in [0.5, 0.6) is 0 Å². The lowest BCUT2D eigenvalue weighted by Crippen LogP contribution is -2.29. The minimum absolute atomic E-state index is 0.0428. The van der Waals surface area contributed by atoms with Crippen molar-refractivity contribution in [2.75, 3.05) is 24.3 Å². The van der Waals surface area contributed by atoms with Gasteiger partial charge in [0.25, 0.3) is 0 Å². The topological polar surface area (TPSA) is 104 Å². The van der Waals surface area contributed by atoms with Gasteiger partial charge in [0.2, 0.25) is 0 Å². The molecule has 7 nitrogen and oxygen atoms in total. The molecule has 0 radical (unpaired) electrons. The maximum absolute atomic E-state index is 11.8. The molecule has 1 fully saturated rings. The van der Waals surface area contributed by atoms with Gasteiger partial charge in [-0.1, -0.05) is 6.92 Å². The lowest BCUT2D eigenvalue weighted by atomic mass is 10.1. The average molecular weight is 301 g/mol. The van der Waals surface area contributed by atoms with E-state index in [2.05, 4.69) is 9.72 Å². The van der Waals surface area contributed by atoms with Crippen molar-refractivity contribution in [3.8, 4) is 0 Å². The Morgan fingerprint density at radius 1 is 1.55 bits per heavy atom. The van der Waals surface area contributed by atoms with E-state index in [-0.39, 0.29) is 29.1 Å². The Labute approximate surface area is 118 Å². The minimum Gasteiger partial charge on any atom is -0.464 e. The zero-order valence-corrected chi connectivity index (χ0v) is 12.4. The molecule has 20 heavy (non-hydrogen) atoms. The van der Waals surface area contributed by atoms with Crippen LogP contribution in [0.1, 0.15) is 42.1 Å². The number of aryl methyl sites for hydroxylation is 1. The number of methoxy groups -OCH3 is 1. The van der Waals surface area contributed by atoms with Gasteiger partial charge in [-0.05, 0) is 12.8 Å². The number of sulfone groups is 1. The van der Waals surface area contributed by atoms with Crippen molar-refractivity contribution < 1.29 is 17.9 Å². The number of anilines is 1. The highest BCUT2D eigenvalue weighted by Gasteiger charge is 2.31. The number of imidazole rings is 1. The third-order valence-corrected chi connectivity index (χ3v) is 5.32. The normalized spacial score (nSPS) is 21.6. The molecule has 0 spiro atoms. The Morgan fingerprint density at radius 2 is 2.25 bits per heavy atom. The van der Waals surface area contributed by atoms with Gasteiger partial charge in [-0.25, -0.2) is 18.2 Å². The van der Waals surface area contributed by atoms with E-state index < -0.39 is 15.8 Å². The van der Waals surface area contributed by atoms with Crippen molar-refractivity contribution in [1.82, 2.24) is 9.55 Å². The maximum atomic E-state index is 11.8. The molecule has 0 saturated carbocycles. The van der Waals surface area contributed by atoms with Gasteiger partial charge in [0.15, 0.2) is 15.5 Å². The van der Waals surface area contributed by atoms with Gasteiger partial charge in [-0.3, -0.25) is 0 Å². The molecule has 1 aromatic heterocycles. The third kappa shape index (κ3) is 2.65. The molecule has 8 heteroatoms. The molecule has 1 atom stereocenters. The summed E-state index contributed by atoms with van der Waals surface area (Å²) >= 11 is 0. The van der Waals surface area contributed by atoms with Gasteiger partial charge in [0, 0.05) is 6.42 Å². The Bertz CT molecular complexity index is 621. The maximum Gasteiger partial charge on any atom is 0.360 e. The molecule has 1 unspecified atom stereocenters. The first-order valence-corrected chi connectivity index (χ1v) is 8.37. The number of nitrogens with zero attached hydrogens (tertiary/aromatic N) is 2. The molecular formula is C12H19N3O4S. The fourth-order valence-corrected chi connectivity index (χ4v) is 4.27. The van der Waals surface area contributed by atoms with Gasteiger partial charge in [0.1, 0.15) is 11.6 Å². The SMILES string of the molecule is CCc1nc(C(=O)OC)c(N)n1C1CCCS(=O)(=O)C1. The van der Waals surface area contributed by atoms with E-state index in [9.17, 15) is 13.2 Å². The highest BCUT2D eigenvalue weighted by molar-refractivity contribution is 7.91. The molecule has 0 aliphatic carbocycles. The largest absolute Gasteiger partial charge is 0.464 e. The minimum atomic E-state index is -3.06. The first kappa shape index (κ1) is 14.8. The molecule has 2 heterocycles. The molecule has 1 saturated heterocycles. The molecule has 0 bridgehead atoms. The van der Waals surface area contributed by atoms with E-state index in [1.54, 1.807) is 4.57 Å². The second kappa shape index (κ2) is 5.43. The van der Waals surface area contributed by atoms with Crippen molar-refractivity contribution in [2.45, 2.75) is 32.2 Å². The lowest BCUT2D eigenvalue weighted by Gasteiger charge is -2.25. The molecule has 1 aromatic rings. The van der Waals surface area contributed by atoms with Crippen LogP contribution in [-0.4, -0.2) is 42.6 Å². The first-order valence-electron chi connectivity index (χ1n) is 6.55. The van der Waals surface area contributed by atoms with Crippen LogP contribution in [-0.2, 0) is 21.0 Å². The van der Waals surface area contributed by atoms with E-state index in [0.717, 1.165) is 0 Å². The van der Waals surface area contributed by atoms with Gasteiger partial charge >= 0.3 is 5.97 Å². The molecule has 2 rings (SSSR count). The number of nitrogen functional groups attached to an aromatic ring is 1. The van der Waals surface area contributed by atoms with E-state index in [1.807, 2.05) is 6.92 Å². The summed E-state index contributed by atoms with van der Waals surface area (Å²) in [4.78, 5) is 15.8. The molecule has 0 aromatic carbocycles. The summed E-state index contributed by atoms with van der Waals surface area (Å²) in [5.74, 6) is 0.459. The van der Waals surface area contributed by atoms with Crippen molar-refractivity contribution in [1.29, 1.82) is 0 Å². The Kier molecular flexibility index (Phi) is 4.03. The quantitative estimate of drug-likeness (QED) is 0.818. The average Bonchev–Trinajstić information content (AvgIpc) is 2.73. The number of ether oxygens (including phenoxy) is 1. The number of hydrogen-bond donors (Lipinski definition) is 1. The fourth-order valence-electron chi connectivity index (χ4n) is 2.60. The molecule has 1 aliphatic rings. The number of hydrogen-bond acceptors (Lipinski definition) is 6. The summed E-state index contributed by atoms with van der Waals surface area (Å²) in [6.07, 6.45) is 1.88. The van der Waals surface area contributed by atoms with Crippen molar-refractivity contribution in [3.63, 3.8) is 0 Å². The highest BCUT2D eigenvalue weighted by atomic mass is 32.2. The molecule has 2 N–H and O–H groups in total. The van der Waals surface area contributed by atoms with Crippen molar-refractivity contribution in [2.24, 2.45) is 0 Å². The zero-order chi connectivity index (χ0) is 14.9. The number of carbonyl (C=O) groups excluding carboxylic acids is 1. The van der Waals surface area contributed by atoms with Gasteiger partial charge in [-0.2, -0.15) is 0 Å².